The van der Waals surface area contributed by atoms with E-state index in [1.165, 1.54) is 12.8 Å². The van der Waals surface area contributed by atoms with Gasteiger partial charge in [0.1, 0.15) is 0 Å². The molecule has 110 valence electrons. The Morgan fingerprint density at radius 1 is 1.50 bits per heavy atom. The van der Waals surface area contributed by atoms with Crippen LogP contribution in [-0.4, -0.2) is 30.5 Å². The lowest BCUT2D eigenvalue weighted by Gasteiger charge is -2.21. The number of anilines is 2. The molecule has 0 spiro atoms. The zero-order chi connectivity index (χ0) is 14.4. The Balaban J connectivity index is 2.03. The van der Waals surface area contributed by atoms with Gasteiger partial charge in [-0.1, -0.05) is 6.92 Å². The topological polar surface area (TPSA) is 71.2 Å². The highest BCUT2D eigenvalue weighted by Crippen LogP contribution is 2.26. The van der Waals surface area contributed by atoms with Crippen molar-refractivity contribution in [2.45, 2.75) is 32.6 Å². The van der Waals surface area contributed by atoms with E-state index in [1.54, 1.807) is 6.20 Å². The molecule has 0 bridgehead atoms. The first kappa shape index (κ1) is 14.8. The van der Waals surface area contributed by atoms with Gasteiger partial charge >= 0.3 is 0 Å². The van der Waals surface area contributed by atoms with Gasteiger partial charge in [-0.2, -0.15) is 0 Å². The Labute approximate surface area is 120 Å². The number of hydrogen-bond acceptors (Lipinski definition) is 4. The number of hydrogen-bond donors (Lipinski definition) is 2. The molecule has 2 heterocycles. The molecule has 2 rings (SSSR count). The van der Waals surface area contributed by atoms with Crippen LogP contribution < -0.4 is 16.0 Å². The molecule has 3 N–H and O–H groups in total. The SMILES string of the molecule is CC(CCCN)C(=O)Nc1cccnc1N1CCCC1. The Hall–Kier alpha value is -1.62. The van der Waals surface area contributed by atoms with Crippen LogP contribution in [0.15, 0.2) is 18.3 Å². The van der Waals surface area contributed by atoms with Crippen molar-refractivity contribution in [3.63, 3.8) is 0 Å². The second-order valence-corrected chi connectivity index (χ2v) is 5.39. The molecule has 1 saturated heterocycles. The van der Waals surface area contributed by atoms with Gasteiger partial charge in [0, 0.05) is 25.2 Å². The van der Waals surface area contributed by atoms with E-state index in [9.17, 15) is 4.79 Å². The molecule has 1 fully saturated rings. The minimum atomic E-state index is -0.0230. The molecule has 0 aromatic carbocycles. The quantitative estimate of drug-likeness (QED) is 0.833. The average Bonchev–Trinajstić information content (AvgIpc) is 2.99. The molecule has 1 aliphatic rings. The first-order valence-corrected chi connectivity index (χ1v) is 7.43. The predicted octanol–water partition coefficient (Wildman–Crippen LogP) is 2.00. The summed E-state index contributed by atoms with van der Waals surface area (Å²) in [5.41, 5.74) is 6.31. The molecule has 1 aromatic heterocycles. The molecule has 1 aliphatic heterocycles. The summed E-state index contributed by atoms with van der Waals surface area (Å²) in [5.74, 6) is 0.918. The maximum absolute atomic E-state index is 12.2. The maximum atomic E-state index is 12.2. The third-order valence-electron chi connectivity index (χ3n) is 3.74. The number of rotatable bonds is 6. The van der Waals surface area contributed by atoms with Gasteiger partial charge < -0.3 is 16.0 Å². The monoisotopic (exact) mass is 276 g/mol. The fourth-order valence-corrected chi connectivity index (χ4v) is 2.49. The number of nitrogens with zero attached hydrogens (tertiary/aromatic N) is 2. The van der Waals surface area contributed by atoms with Crippen molar-refractivity contribution < 1.29 is 4.79 Å². The van der Waals surface area contributed by atoms with Crippen molar-refractivity contribution in [1.29, 1.82) is 0 Å². The molecular formula is C15H24N4O. The summed E-state index contributed by atoms with van der Waals surface area (Å²) < 4.78 is 0. The first-order valence-electron chi connectivity index (χ1n) is 7.43. The molecule has 5 nitrogen and oxygen atoms in total. The van der Waals surface area contributed by atoms with Crippen LogP contribution in [0, 0.1) is 5.92 Å². The fraction of sp³-hybridized carbons (Fsp3) is 0.600. The second-order valence-electron chi connectivity index (χ2n) is 5.39. The molecule has 0 saturated carbocycles. The van der Waals surface area contributed by atoms with Crippen LogP contribution in [-0.2, 0) is 4.79 Å². The molecule has 5 heteroatoms. The Morgan fingerprint density at radius 2 is 2.25 bits per heavy atom. The first-order chi connectivity index (χ1) is 9.72. The van der Waals surface area contributed by atoms with Crippen LogP contribution in [0.2, 0.25) is 0 Å². The van der Waals surface area contributed by atoms with Crippen molar-refractivity contribution >= 4 is 17.4 Å². The minimum Gasteiger partial charge on any atom is -0.355 e. The minimum absolute atomic E-state index is 0.0230. The second kappa shape index (κ2) is 7.24. The lowest BCUT2D eigenvalue weighted by atomic mass is 10.0. The lowest BCUT2D eigenvalue weighted by molar-refractivity contribution is -0.119. The summed E-state index contributed by atoms with van der Waals surface area (Å²) in [5, 5.41) is 3.01. The Bertz CT molecular complexity index is 443. The van der Waals surface area contributed by atoms with E-state index in [1.807, 2.05) is 19.1 Å². The number of carbonyl (C=O) groups excluding carboxylic acids is 1. The summed E-state index contributed by atoms with van der Waals surface area (Å²) in [6.45, 7) is 4.60. The van der Waals surface area contributed by atoms with Crippen LogP contribution in [0.3, 0.4) is 0 Å². The van der Waals surface area contributed by atoms with Gasteiger partial charge in [-0.05, 0) is 44.4 Å². The van der Waals surface area contributed by atoms with E-state index in [0.717, 1.165) is 37.4 Å². The molecule has 0 radical (unpaired) electrons. The van der Waals surface area contributed by atoms with Gasteiger partial charge in [0.05, 0.1) is 5.69 Å². The van der Waals surface area contributed by atoms with Crippen LogP contribution in [0.1, 0.15) is 32.6 Å². The third-order valence-corrected chi connectivity index (χ3v) is 3.74. The largest absolute Gasteiger partial charge is 0.355 e. The summed E-state index contributed by atoms with van der Waals surface area (Å²) in [6.07, 6.45) is 5.86. The Kier molecular flexibility index (Phi) is 5.35. The molecule has 1 unspecified atom stereocenters. The fourth-order valence-electron chi connectivity index (χ4n) is 2.49. The summed E-state index contributed by atoms with van der Waals surface area (Å²) in [7, 11) is 0. The van der Waals surface area contributed by atoms with Crippen molar-refractivity contribution in [2.75, 3.05) is 29.9 Å². The smallest absolute Gasteiger partial charge is 0.227 e. The van der Waals surface area contributed by atoms with Gasteiger partial charge in [0.15, 0.2) is 5.82 Å². The van der Waals surface area contributed by atoms with Gasteiger partial charge in [0.25, 0.3) is 0 Å². The van der Waals surface area contributed by atoms with E-state index < -0.39 is 0 Å². The van der Waals surface area contributed by atoms with Crippen molar-refractivity contribution in [2.24, 2.45) is 11.7 Å². The molecule has 1 amide bonds. The van der Waals surface area contributed by atoms with Crippen LogP contribution in [0.25, 0.3) is 0 Å². The van der Waals surface area contributed by atoms with Crippen molar-refractivity contribution in [1.82, 2.24) is 4.98 Å². The summed E-state index contributed by atoms with van der Waals surface area (Å²) in [4.78, 5) is 18.8. The molecule has 1 aromatic rings. The zero-order valence-corrected chi connectivity index (χ0v) is 12.1. The van der Waals surface area contributed by atoms with E-state index in [-0.39, 0.29) is 11.8 Å². The van der Waals surface area contributed by atoms with Crippen LogP contribution in [0.5, 0.6) is 0 Å². The molecule has 0 aliphatic carbocycles. The highest BCUT2D eigenvalue weighted by atomic mass is 16.1. The van der Waals surface area contributed by atoms with E-state index >= 15 is 0 Å². The third kappa shape index (κ3) is 3.70. The number of pyridine rings is 1. The summed E-state index contributed by atoms with van der Waals surface area (Å²) >= 11 is 0. The number of carbonyl (C=O) groups is 1. The zero-order valence-electron chi connectivity index (χ0n) is 12.1. The van der Waals surface area contributed by atoms with Crippen LogP contribution in [0.4, 0.5) is 11.5 Å². The van der Waals surface area contributed by atoms with E-state index in [0.29, 0.717) is 6.54 Å². The Morgan fingerprint density at radius 3 is 2.95 bits per heavy atom. The highest BCUT2D eigenvalue weighted by molar-refractivity contribution is 5.95. The van der Waals surface area contributed by atoms with Gasteiger partial charge in [-0.25, -0.2) is 4.98 Å². The van der Waals surface area contributed by atoms with Crippen molar-refractivity contribution in [3.05, 3.63) is 18.3 Å². The van der Waals surface area contributed by atoms with Crippen LogP contribution >= 0.6 is 0 Å². The van der Waals surface area contributed by atoms with E-state index in [4.69, 9.17) is 5.73 Å². The molecule has 1 atom stereocenters. The highest BCUT2D eigenvalue weighted by Gasteiger charge is 2.19. The lowest BCUT2D eigenvalue weighted by Crippen LogP contribution is -2.25. The molecule has 20 heavy (non-hydrogen) atoms. The number of aromatic nitrogens is 1. The number of nitrogens with one attached hydrogen (secondary N) is 1. The van der Waals surface area contributed by atoms with Gasteiger partial charge in [0.2, 0.25) is 5.91 Å². The standard InChI is InChI=1S/C15H24N4O/c1-12(6-4-8-16)15(20)18-13-7-5-9-17-14(13)19-10-2-3-11-19/h5,7,9,12H,2-4,6,8,10-11,16H2,1H3,(H,18,20). The summed E-state index contributed by atoms with van der Waals surface area (Å²) in [6, 6.07) is 3.79. The average molecular weight is 276 g/mol. The van der Waals surface area contributed by atoms with Crippen molar-refractivity contribution in [3.8, 4) is 0 Å². The number of amides is 1. The van der Waals surface area contributed by atoms with Gasteiger partial charge in [-0.3, -0.25) is 4.79 Å². The van der Waals surface area contributed by atoms with E-state index in [2.05, 4.69) is 15.2 Å². The predicted molar refractivity (Wildman–Crippen MR) is 81.8 cm³/mol. The maximum Gasteiger partial charge on any atom is 0.227 e. The normalized spacial score (nSPS) is 16.2. The van der Waals surface area contributed by atoms with Gasteiger partial charge in [-0.15, -0.1) is 0 Å². The molecular weight excluding hydrogens is 252 g/mol. The number of nitrogens with two attached hydrogens (primary N) is 1.